The van der Waals surface area contributed by atoms with Crippen molar-refractivity contribution in [1.82, 2.24) is 0 Å². The van der Waals surface area contributed by atoms with Gasteiger partial charge in [-0.1, -0.05) is 44.6 Å². The molecule has 2 N–H and O–H groups in total. The minimum absolute atomic E-state index is 0.00778. The number of carboxylic acids is 1. The summed E-state index contributed by atoms with van der Waals surface area (Å²) >= 11 is 0. The van der Waals surface area contributed by atoms with Crippen molar-refractivity contribution in [2.24, 2.45) is 28.1 Å². The highest BCUT2D eigenvalue weighted by atomic mass is 17.1. The molecule has 0 spiro atoms. The zero-order valence-corrected chi connectivity index (χ0v) is 16.7. The maximum absolute atomic E-state index is 11.4. The summed E-state index contributed by atoms with van der Waals surface area (Å²) in [7, 11) is 0. The van der Waals surface area contributed by atoms with Gasteiger partial charge in [-0.3, -0.25) is 10.1 Å². The van der Waals surface area contributed by atoms with Crippen molar-refractivity contribution in [2.75, 3.05) is 0 Å². The van der Waals surface area contributed by atoms with E-state index < -0.39 is 5.97 Å². The molecule has 0 aliphatic heterocycles. The Balaban J connectivity index is 2.01. The standard InChI is InChI=1S/C22H34O4/c1-14(2)17-8-11-21(4)18(20(17,3)10-9-19(23)24)7-6-15-12-16(26-25)13-22(15,21)5/h12,16-18,25H,1,6-11,13H2,2-5H3,(H,23,24)/t16-,17+,18-,20+,21-,22-/m1/s1. The molecule has 0 saturated heterocycles. The zero-order chi connectivity index (χ0) is 19.3. The average molecular weight is 363 g/mol. The highest BCUT2D eigenvalue weighted by Crippen LogP contribution is 2.71. The van der Waals surface area contributed by atoms with Crippen LogP contribution < -0.4 is 0 Å². The van der Waals surface area contributed by atoms with Gasteiger partial charge in [0.1, 0.15) is 6.10 Å². The van der Waals surface area contributed by atoms with E-state index in [4.69, 9.17) is 4.89 Å². The molecule has 4 nitrogen and oxygen atoms in total. The third-order valence-corrected chi connectivity index (χ3v) is 8.59. The predicted molar refractivity (Wildman–Crippen MR) is 102 cm³/mol. The van der Waals surface area contributed by atoms with Gasteiger partial charge >= 0.3 is 5.97 Å². The Labute approximate surface area is 157 Å². The second-order valence-electron chi connectivity index (χ2n) is 9.72. The number of carbonyl (C=O) groups is 1. The molecule has 146 valence electrons. The highest BCUT2D eigenvalue weighted by molar-refractivity contribution is 5.66. The Hall–Kier alpha value is -1.13. The van der Waals surface area contributed by atoms with E-state index >= 15 is 0 Å². The molecule has 3 rings (SSSR count). The number of aliphatic carboxylic acids is 1. The fourth-order valence-electron chi connectivity index (χ4n) is 7.09. The summed E-state index contributed by atoms with van der Waals surface area (Å²) in [6.45, 7) is 13.4. The Morgan fingerprint density at radius 1 is 1.35 bits per heavy atom. The van der Waals surface area contributed by atoms with Crippen molar-refractivity contribution in [3.8, 4) is 0 Å². The molecule has 0 bridgehead atoms. The predicted octanol–water partition coefficient (Wildman–Crippen LogP) is 5.45. The van der Waals surface area contributed by atoms with Crippen LogP contribution in [0.25, 0.3) is 0 Å². The van der Waals surface area contributed by atoms with Crippen LogP contribution in [-0.2, 0) is 9.68 Å². The molecule has 3 aliphatic rings. The number of hydrogen-bond donors (Lipinski definition) is 2. The Bertz CT molecular complexity index is 638. The molecule has 0 heterocycles. The molecule has 3 aliphatic carbocycles. The smallest absolute Gasteiger partial charge is 0.303 e. The van der Waals surface area contributed by atoms with Gasteiger partial charge in [-0.05, 0) is 73.5 Å². The second kappa shape index (κ2) is 6.49. The average Bonchev–Trinajstić information content (AvgIpc) is 2.91. The first-order chi connectivity index (χ1) is 12.1. The molecule has 0 aromatic carbocycles. The number of hydrogen-bond acceptors (Lipinski definition) is 3. The quantitative estimate of drug-likeness (QED) is 0.387. The van der Waals surface area contributed by atoms with Crippen LogP contribution in [0.2, 0.25) is 0 Å². The SMILES string of the molecule is C=C(C)[C@@H]1CC[C@]2(C)[C@H](CCC3=C[C@@H](OO)C[C@]32C)[C@@]1(C)CCC(=O)O. The van der Waals surface area contributed by atoms with E-state index in [1.807, 2.05) is 0 Å². The van der Waals surface area contributed by atoms with Crippen molar-refractivity contribution in [3.05, 3.63) is 23.8 Å². The van der Waals surface area contributed by atoms with E-state index in [9.17, 15) is 15.2 Å². The van der Waals surface area contributed by atoms with Crippen LogP contribution in [0.1, 0.15) is 72.6 Å². The van der Waals surface area contributed by atoms with E-state index in [2.05, 4.69) is 40.3 Å². The summed E-state index contributed by atoms with van der Waals surface area (Å²) in [5.74, 6) is 0.112. The summed E-state index contributed by atoms with van der Waals surface area (Å²) < 4.78 is 0. The lowest BCUT2D eigenvalue weighted by Crippen LogP contribution is -2.57. The molecule has 2 fully saturated rings. The van der Waals surface area contributed by atoms with E-state index in [1.54, 1.807) is 0 Å². The van der Waals surface area contributed by atoms with Crippen LogP contribution in [-0.4, -0.2) is 22.4 Å². The molecule has 26 heavy (non-hydrogen) atoms. The second-order valence-corrected chi connectivity index (χ2v) is 9.72. The van der Waals surface area contributed by atoms with Crippen molar-refractivity contribution in [1.29, 1.82) is 0 Å². The molecule has 2 saturated carbocycles. The van der Waals surface area contributed by atoms with Crippen molar-refractivity contribution in [3.63, 3.8) is 0 Å². The lowest BCUT2D eigenvalue weighted by atomic mass is 9.39. The minimum Gasteiger partial charge on any atom is -0.481 e. The first-order valence-electron chi connectivity index (χ1n) is 9.97. The van der Waals surface area contributed by atoms with Gasteiger partial charge in [-0.15, -0.1) is 0 Å². The normalized spacial score (nSPS) is 44.8. The largest absolute Gasteiger partial charge is 0.481 e. The molecule has 0 amide bonds. The van der Waals surface area contributed by atoms with Crippen LogP contribution in [0.15, 0.2) is 23.8 Å². The van der Waals surface area contributed by atoms with Gasteiger partial charge in [0, 0.05) is 6.42 Å². The summed E-state index contributed by atoms with van der Waals surface area (Å²) in [6.07, 6.45) is 7.92. The fourth-order valence-corrected chi connectivity index (χ4v) is 7.09. The van der Waals surface area contributed by atoms with Crippen molar-refractivity contribution >= 4 is 5.97 Å². The summed E-state index contributed by atoms with van der Waals surface area (Å²) in [5.41, 5.74) is 2.65. The first kappa shape index (κ1) is 19.6. The van der Waals surface area contributed by atoms with Gasteiger partial charge in [-0.25, -0.2) is 4.89 Å². The van der Waals surface area contributed by atoms with Gasteiger partial charge < -0.3 is 5.11 Å². The molecule has 0 unspecified atom stereocenters. The van der Waals surface area contributed by atoms with E-state index in [-0.39, 0.29) is 28.8 Å². The first-order valence-corrected chi connectivity index (χ1v) is 9.97. The Kier molecular flexibility index (Phi) is 4.90. The maximum atomic E-state index is 11.4. The number of fused-ring (bicyclic) bond motifs is 3. The summed E-state index contributed by atoms with van der Waals surface area (Å²) in [4.78, 5) is 16.1. The molecule has 6 atom stereocenters. The Morgan fingerprint density at radius 2 is 2.04 bits per heavy atom. The fraction of sp³-hybridized carbons (Fsp3) is 0.773. The van der Waals surface area contributed by atoms with Crippen LogP contribution in [0.4, 0.5) is 0 Å². The van der Waals surface area contributed by atoms with Crippen LogP contribution >= 0.6 is 0 Å². The van der Waals surface area contributed by atoms with Crippen LogP contribution in [0, 0.1) is 28.1 Å². The van der Waals surface area contributed by atoms with Gasteiger partial charge in [-0.2, -0.15) is 0 Å². The highest BCUT2D eigenvalue weighted by Gasteiger charge is 2.63. The van der Waals surface area contributed by atoms with E-state index in [0.717, 1.165) is 32.1 Å². The molecule has 4 heteroatoms. The van der Waals surface area contributed by atoms with Crippen molar-refractivity contribution < 1.29 is 20.0 Å². The van der Waals surface area contributed by atoms with E-state index in [0.29, 0.717) is 18.3 Å². The maximum Gasteiger partial charge on any atom is 0.303 e. The zero-order valence-electron chi connectivity index (χ0n) is 16.7. The Morgan fingerprint density at radius 3 is 2.62 bits per heavy atom. The van der Waals surface area contributed by atoms with Gasteiger partial charge in [0.05, 0.1) is 0 Å². The monoisotopic (exact) mass is 362 g/mol. The third-order valence-electron chi connectivity index (χ3n) is 8.59. The third kappa shape index (κ3) is 2.68. The minimum atomic E-state index is -0.712. The lowest BCUT2D eigenvalue weighted by molar-refractivity contribution is -0.271. The van der Waals surface area contributed by atoms with Crippen LogP contribution in [0.3, 0.4) is 0 Å². The molecule has 0 aromatic heterocycles. The molecule has 0 radical (unpaired) electrons. The number of allylic oxidation sites excluding steroid dienone is 2. The number of rotatable bonds is 5. The summed E-state index contributed by atoms with van der Waals surface area (Å²) in [6, 6.07) is 0. The van der Waals surface area contributed by atoms with Gasteiger partial charge in [0.2, 0.25) is 0 Å². The number of carboxylic acid groups (broad SMARTS) is 1. The molecular weight excluding hydrogens is 328 g/mol. The summed E-state index contributed by atoms with van der Waals surface area (Å²) in [5, 5.41) is 18.6. The van der Waals surface area contributed by atoms with E-state index in [1.165, 1.54) is 11.1 Å². The lowest BCUT2D eigenvalue weighted by Gasteiger charge is -2.65. The van der Waals surface area contributed by atoms with Gasteiger partial charge in [0.15, 0.2) is 0 Å². The molecular formula is C22H34O4. The van der Waals surface area contributed by atoms with Crippen LogP contribution in [0.5, 0.6) is 0 Å². The topological polar surface area (TPSA) is 66.8 Å². The van der Waals surface area contributed by atoms with Crippen molar-refractivity contribution in [2.45, 2.75) is 78.7 Å². The van der Waals surface area contributed by atoms with Gasteiger partial charge in [0.25, 0.3) is 0 Å². The molecule has 0 aromatic rings.